The number of para-hydroxylation sites is 2. The van der Waals surface area contributed by atoms with E-state index >= 15 is 0 Å². The Kier molecular flexibility index (Phi) is 4.90. The quantitative estimate of drug-likeness (QED) is 0.247. The molecule has 0 spiro atoms. The van der Waals surface area contributed by atoms with Gasteiger partial charge in [-0.3, -0.25) is 0 Å². The molecule has 2 heterocycles. The summed E-state index contributed by atoms with van der Waals surface area (Å²) < 4.78 is 0. The molecule has 0 N–H and O–H groups in total. The fourth-order valence-corrected chi connectivity index (χ4v) is 6.95. The van der Waals surface area contributed by atoms with Crippen LogP contribution in [0.5, 0.6) is 0 Å². The Morgan fingerprint density at radius 3 is 1.45 bits per heavy atom. The average molecular weight is 494 g/mol. The van der Waals surface area contributed by atoms with Gasteiger partial charge in [0.15, 0.2) is 0 Å². The largest absolute Gasteiger partial charge is 0.308 e. The van der Waals surface area contributed by atoms with Crippen molar-refractivity contribution in [3.8, 4) is 0 Å². The fraction of sp³-hybridized carbons (Fsp3) is 0.200. The number of rotatable bonds is 2. The lowest BCUT2D eigenvalue weighted by Crippen LogP contribution is -2.32. The van der Waals surface area contributed by atoms with E-state index in [0.29, 0.717) is 0 Å². The first-order chi connectivity index (χ1) is 18.4. The topological polar surface area (TPSA) is 29.0 Å². The van der Waals surface area contributed by atoms with Crippen molar-refractivity contribution in [1.29, 1.82) is 0 Å². The Morgan fingerprint density at radius 1 is 0.474 bits per heavy atom. The first-order valence-electron chi connectivity index (χ1n) is 13.4. The highest BCUT2D eigenvalue weighted by Gasteiger charge is 2.41. The summed E-state index contributed by atoms with van der Waals surface area (Å²) in [5.74, 6) is 0.0511. The summed E-state index contributed by atoms with van der Waals surface area (Å²) in [5.41, 5.74) is 12.5. The molecule has 0 atom stereocenters. The fourth-order valence-electron chi connectivity index (χ4n) is 6.95. The van der Waals surface area contributed by atoms with Crippen molar-refractivity contribution in [3.63, 3.8) is 0 Å². The van der Waals surface area contributed by atoms with Gasteiger partial charge >= 0.3 is 0 Å². The van der Waals surface area contributed by atoms with Crippen molar-refractivity contribution >= 4 is 17.1 Å². The van der Waals surface area contributed by atoms with Gasteiger partial charge in [0.1, 0.15) is 0 Å². The SMILES string of the molecule is CC1(C)c2ccccc2C(c2cnncc2N2c3ccccc3C(C)(C)c3ccccc32)c2ccccc21. The number of anilines is 3. The van der Waals surface area contributed by atoms with Crippen LogP contribution in [-0.2, 0) is 10.8 Å². The van der Waals surface area contributed by atoms with Crippen LogP contribution in [0.1, 0.15) is 72.6 Å². The molecule has 0 radical (unpaired) electrons. The molecule has 0 unspecified atom stereocenters. The highest BCUT2D eigenvalue weighted by Crippen LogP contribution is 2.55. The molecule has 0 amide bonds. The summed E-state index contributed by atoms with van der Waals surface area (Å²) in [6.07, 6.45) is 3.93. The lowest BCUT2D eigenvalue weighted by atomic mass is 9.64. The second-order valence-electron chi connectivity index (χ2n) is 11.6. The second-order valence-corrected chi connectivity index (χ2v) is 11.6. The van der Waals surface area contributed by atoms with Gasteiger partial charge < -0.3 is 4.90 Å². The molecule has 2 aliphatic rings. The number of benzene rings is 4. The molecule has 5 aromatic rings. The Bertz CT molecular complexity index is 1470. The monoisotopic (exact) mass is 493 g/mol. The van der Waals surface area contributed by atoms with Crippen molar-refractivity contribution in [2.75, 3.05) is 4.90 Å². The van der Waals surface area contributed by atoms with E-state index in [1.54, 1.807) is 0 Å². The van der Waals surface area contributed by atoms with Gasteiger partial charge in [-0.1, -0.05) is 113 Å². The van der Waals surface area contributed by atoms with Crippen molar-refractivity contribution in [1.82, 2.24) is 10.2 Å². The van der Waals surface area contributed by atoms with Gasteiger partial charge in [0.2, 0.25) is 0 Å². The van der Waals surface area contributed by atoms with Crippen LogP contribution in [0.15, 0.2) is 109 Å². The molecule has 38 heavy (non-hydrogen) atoms. The van der Waals surface area contributed by atoms with E-state index in [4.69, 9.17) is 0 Å². The summed E-state index contributed by atoms with van der Waals surface area (Å²) in [5, 5.41) is 8.91. The van der Waals surface area contributed by atoms with Gasteiger partial charge in [0, 0.05) is 22.3 Å². The van der Waals surface area contributed by atoms with Gasteiger partial charge in [0.05, 0.1) is 29.5 Å². The van der Waals surface area contributed by atoms with E-state index < -0.39 is 0 Å². The molecular weight excluding hydrogens is 462 g/mol. The van der Waals surface area contributed by atoms with E-state index in [9.17, 15) is 0 Å². The van der Waals surface area contributed by atoms with Crippen LogP contribution in [0, 0.1) is 0 Å². The molecule has 4 aromatic carbocycles. The number of hydrogen-bond donors (Lipinski definition) is 0. The van der Waals surface area contributed by atoms with E-state index in [2.05, 4.69) is 140 Å². The highest BCUT2D eigenvalue weighted by atomic mass is 15.2. The number of aromatic nitrogens is 2. The minimum Gasteiger partial charge on any atom is -0.308 e. The highest BCUT2D eigenvalue weighted by molar-refractivity contribution is 5.87. The molecule has 0 saturated carbocycles. The molecule has 3 heteroatoms. The molecule has 7 rings (SSSR count). The summed E-state index contributed by atoms with van der Waals surface area (Å²) in [7, 11) is 0. The Morgan fingerprint density at radius 2 is 0.895 bits per heavy atom. The van der Waals surface area contributed by atoms with Gasteiger partial charge in [-0.05, 0) is 45.5 Å². The lowest BCUT2D eigenvalue weighted by Gasteiger charge is -2.44. The molecule has 0 saturated heterocycles. The molecule has 1 aromatic heterocycles. The molecule has 1 aliphatic carbocycles. The normalized spacial score (nSPS) is 16.7. The van der Waals surface area contributed by atoms with Gasteiger partial charge in [-0.15, -0.1) is 0 Å². The zero-order valence-electron chi connectivity index (χ0n) is 22.3. The smallest absolute Gasteiger partial charge is 0.0740 e. The molecule has 0 fully saturated rings. The van der Waals surface area contributed by atoms with Gasteiger partial charge in [-0.2, -0.15) is 10.2 Å². The first-order valence-corrected chi connectivity index (χ1v) is 13.4. The molecular formula is C35H31N3. The standard InChI is InChI=1S/C35H31N3/c1-34(2)26-15-7-5-13-23(26)33(24-14-6-8-16-27(24)34)25-21-36-37-22-32(25)38-30-19-11-9-17-28(30)35(3,4)29-18-10-12-20-31(29)38/h5-22,33H,1-4H3. The summed E-state index contributed by atoms with van der Waals surface area (Å²) in [6, 6.07) is 35.4. The summed E-state index contributed by atoms with van der Waals surface area (Å²) in [6.45, 7) is 9.32. The summed E-state index contributed by atoms with van der Waals surface area (Å²) >= 11 is 0. The number of hydrogen-bond acceptors (Lipinski definition) is 3. The second kappa shape index (κ2) is 8.13. The maximum absolute atomic E-state index is 4.46. The predicted octanol–water partition coefficient (Wildman–Crippen LogP) is 8.41. The Labute approximate surface area is 224 Å². The van der Waals surface area contributed by atoms with Crippen molar-refractivity contribution in [2.24, 2.45) is 0 Å². The summed E-state index contributed by atoms with van der Waals surface area (Å²) in [4.78, 5) is 2.41. The van der Waals surface area contributed by atoms with Crippen molar-refractivity contribution in [2.45, 2.75) is 44.4 Å². The van der Waals surface area contributed by atoms with Crippen molar-refractivity contribution < 1.29 is 0 Å². The van der Waals surface area contributed by atoms with Crippen LogP contribution >= 0.6 is 0 Å². The van der Waals surface area contributed by atoms with Crippen LogP contribution < -0.4 is 4.90 Å². The zero-order chi connectivity index (χ0) is 26.1. The predicted molar refractivity (Wildman–Crippen MR) is 155 cm³/mol. The maximum atomic E-state index is 4.46. The van der Waals surface area contributed by atoms with E-state index in [1.807, 2.05) is 12.4 Å². The molecule has 1 aliphatic heterocycles. The molecule has 3 nitrogen and oxygen atoms in total. The Balaban J connectivity index is 1.53. The van der Waals surface area contributed by atoms with E-state index in [1.165, 1.54) is 50.3 Å². The van der Waals surface area contributed by atoms with E-state index in [-0.39, 0.29) is 16.7 Å². The number of fused-ring (bicyclic) bond motifs is 4. The van der Waals surface area contributed by atoms with Crippen LogP contribution in [0.25, 0.3) is 0 Å². The van der Waals surface area contributed by atoms with Gasteiger partial charge in [0.25, 0.3) is 0 Å². The lowest BCUT2D eigenvalue weighted by molar-refractivity contribution is 0.596. The van der Waals surface area contributed by atoms with Crippen LogP contribution in [0.2, 0.25) is 0 Å². The van der Waals surface area contributed by atoms with Crippen molar-refractivity contribution in [3.05, 3.63) is 148 Å². The minimum absolute atomic E-state index is 0.0511. The molecule has 0 bridgehead atoms. The van der Waals surface area contributed by atoms with Crippen LogP contribution in [-0.4, -0.2) is 10.2 Å². The average Bonchev–Trinajstić information content (AvgIpc) is 2.94. The Hall–Kier alpha value is -4.24. The van der Waals surface area contributed by atoms with Gasteiger partial charge in [-0.25, -0.2) is 0 Å². The first kappa shape index (κ1) is 22.9. The minimum atomic E-state index is -0.113. The maximum Gasteiger partial charge on any atom is 0.0740 e. The third-order valence-corrected chi connectivity index (χ3v) is 8.82. The van der Waals surface area contributed by atoms with Crippen LogP contribution in [0.4, 0.5) is 17.1 Å². The zero-order valence-corrected chi connectivity index (χ0v) is 22.3. The third-order valence-electron chi connectivity index (χ3n) is 8.82. The third kappa shape index (κ3) is 3.08. The molecule has 186 valence electrons. The van der Waals surface area contributed by atoms with Crippen LogP contribution in [0.3, 0.4) is 0 Å². The number of nitrogens with zero attached hydrogens (tertiary/aromatic N) is 3. The van der Waals surface area contributed by atoms with E-state index in [0.717, 1.165) is 5.69 Å².